The van der Waals surface area contributed by atoms with Crippen LogP contribution in [0.4, 0.5) is 4.79 Å². The number of nitrogens with one attached hydrogen (secondary N) is 1. The molecule has 3 fully saturated rings. The summed E-state index contributed by atoms with van der Waals surface area (Å²) in [5.41, 5.74) is -3.89. The lowest BCUT2D eigenvalue weighted by molar-refractivity contribution is -0.333. The molecule has 14 heteroatoms. The van der Waals surface area contributed by atoms with Crippen molar-refractivity contribution in [2.45, 2.75) is 141 Å². The predicted molar refractivity (Wildman–Crippen MR) is 212 cm³/mol. The molecule has 0 spiro atoms. The van der Waals surface area contributed by atoms with Crippen LogP contribution in [-0.4, -0.2) is 99.5 Å². The van der Waals surface area contributed by atoms with Gasteiger partial charge in [-0.05, 0) is 88.1 Å². The molecule has 2 bridgehead atoms. The second-order valence-corrected chi connectivity index (χ2v) is 18.2. The molecular weight excluding hydrogens is 762 g/mol. The first-order valence-corrected chi connectivity index (χ1v) is 20.4. The Morgan fingerprint density at radius 1 is 0.932 bits per heavy atom. The molecule has 0 aromatic heterocycles. The number of alkyl carbamates (subject to hydrolysis) is 1. The van der Waals surface area contributed by atoms with Gasteiger partial charge in [-0.25, -0.2) is 14.4 Å². The van der Waals surface area contributed by atoms with E-state index < -0.39 is 101 Å². The van der Waals surface area contributed by atoms with Crippen molar-refractivity contribution in [3.8, 4) is 0 Å². The van der Waals surface area contributed by atoms with Crippen LogP contribution < -0.4 is 5.32 Å². The topological polar surface area (TPSA) is 196 Å². The minimum Gasteiger partial charge on any atom is -0.456 e. The molecule has 1 heterocycles. The highest BCUT2D eigenvalue weighted by Crippen LogP contribution is 2.62. The van der Waals surface area contributed by atoms with Gasteiger partial charge in [0.1, 0.15) is 29.5 Å². The summed E-state index contributed by atoms with van der Waals surface area (Å²) in [6.07, 6.45) is -7.69. The third-order valence-electron chi connectivity index (χ3n) is 12.7. The van der Waals surface area contributed by atoms with Gasteiger partial charge < -0.3 is 49.1 Å². The Labute approximate surface area is 345 Å². The van der Waals surface area contributed by atoms with Gasteiger partial charge in [0, 0.05) is 24.7 Å². The maximum absolute atomic E-state index is 14.2. The first-order valence-electron chi connectivity index (χ1n) is 20.4. The number of hydrogen-bond donors (Lipinski definition) is 4. The highest BCUT2D eigenvalue weighted by molar-refractivity contribution is 5.89. The molecule has 3 aliphatic carbocycles. The molecule has 2 unspecified atom stereocenters. The quantitative estimate of drug-likeness (QED) is 0.104. The standard InChI is InChI=1S/C45H59NO13/c1-24-20-33-44(23-54-33,58-27(4)48)35-30(24)21-31(55-26(3)47)34-25(2)32(22-45(53,43(34,8)9)38(35)57-39(50)29-18-14-11-15-19-29)56-40(51)37(49)36(28-16-12-10-13-17-28)46-41(52)59-42(5,6)7/h10-19,24,26,30-33,35-38,47,49,53H,20-23H2,1-9H3,(H,46,52)/t24-,26?,30?,31-,32-,33+,35+,36-,37+,38-,44-,45+/m0/s1. The Bertz CT molecular complexity index is 1910. The molecule has 2 aromatic carbocycles. The average Bonchev–Trinajstić information content (AvgIpc) is 3.14. The van der Waals surface area contributed by atoms with Gasteiger partial charge in [-0.2, -0.15) is 0 Å². The summed E-state index contributed by atoms with van der Waals surface area (Å²) in [4.78, 5) is 54.4. The van der Waals surface area contributed by atoms with Gasteiger partial charge >= 0.3 is 24.0 Å². The first kappa shape index (κ1) is 44.2. The molecular formula is C45H59NO13. The molecule has 4 N–H and O–H groups in total. The molecule has 0 radical (unpaired) electrons. The van der Waals surface area contributed by atoms with E-state index in [0.29, 0.717) is 23.1 Å². The van der Waals surface area contributed by atoms with E-state index in [2.05, 4.69) is 5.32 Å². The molecule has 14 nitrogen and oxygen atoms in total. The Hall–Kier alpha value is -4.34. The van der Waals surface area contributed by atoms with E-state index >= 15 is 0 Å². The summed E-state index contributed by atoms with van der Waals surface area (Å²) >= 11 is 0. The molecule has 4 aliphatic rings. The molecule has 2 saturated carbocycles. The van der Waals surface area contributed by atoms with Gasteiger partial charge in [-0.15, -0.1) is 0 Å². The lowest BCUT2D eigenvalue weighted by Crippen LogP contribution is -2.77. The fourth-order valence-corrected chi connectivity index (χ4v) is 10.0. The third-order valence-corrected chi connectivity index (χ3v) is 12.7. The number of rotatable bonds is 10. The molecule has 1 aliphatic heterocycles. The molecule has 59 heavy (non-hydrogen) atoms. The van der Waals surface area contributed by atoms with Crippen LogP contribution >= 0.6 is 0 Å². The van der Waals surface area contributed by atoms with Gasteiger partial charge in [-0.3, -0.25) is 4.79 Å². The lowest BCUT2D eigenvalue weighted by atomic mass is 9.48. The Morgan fingerprint density at radius 2 is 1.56 bits per heavy atom. The van der Waals surface area contributed by atoms with Gasteiger partial charge in [-0.1, -0.05) is 69.3 Å². The zero-order chi connectivity index (χ0) is 43.2. The summed E-state index contributed by atoms with van der Waals surface area (Å²) in [5.74, 6) is -3.78. The molecule has 6 rings (SSSR count). The van der Waals surface area contributed by atoms with Crippen LogP contribution in [0, 0.1) is 23.2 Å². The number of hydrogen-bond acceptors (Lipinski definition) is 13. The average molecular weight is 822 g/mol. The van der Waals surface area contributed by atoms with Gasteiger partial charge in [0.25, 0.3) is 0 Å². The van der Waals surface area contributed by atoms with Crippen LogP contribution in [0.3, 0.4) is 0 Å². The second-order valence-electron chi connectivity index (χ2n) is 18.2. The molecule has 1 amide bonds. The number of esters is 3. The van der Waals surface area contributed by atoms with Gasteiger partial charge in [0.15, 0.2) is 18.0 Å². The van der Waals surface area contributed by atoms with Crippen molar-refractivity contribution in [2.75, 3.05) is 6.61 Å². The fourth-order valence-electron chi connectivity index (χ4n) is 10.0. The Morgan fingerprint density at radius 3 is 2.12 bits per heavy atom. The summed E-state index contributed by atoms with van der Waals surface area (Å²) in [7, 11) is 0. The van der Waals surface area contributed by atoms with Crippen LogP contribution in [0.5, 0.6) is 0 Å². The molecule has 322 valence electrons. The molecule has 12 atom stereocenters. The van der Waals surface area contributed by atoms with E-state index in [-0.39, 0.29) is 30.9 Å². The SMILES string of the molecule is CC(=O)O[C@@]12CO[C@@H]1C[C@H](C)C1C[C@H](OC(C)O)C3=C(C)[C@@H](OC(=O)[C@H](O)[C@@H](NC(=O)OC(C)(C)C)c4ccccc4)C[C@@](O)([C@@H](OC(=O)c4ccccc4)[C@@H]12)C3(C)C. The minimum absolute atomic E-state index is 0.0131. The van der Waals surface area contributed by atoms with Crippen molar-refractivity contribution in [3.05, 3.63) is 82.9 Å². The van der Waals surface area contributed by atoms with Crippen LogP contribution in [0.15, 0.2) is 71.8 Å². The molecule has 2 aromatic rings. The Balaban J connectivity index is 1.48. The number of amides is 1. The van der Waals surface area contributed by atoms with E-state index in [1.807, 2.05) is 6.92 Å². The lowest BCUT2D eigenvalue weighted by Gasteiger charge is -2.65. The van der Waals surface area contributed by atoms with Crippen molar-refractivity contribution < 1.29 is 62.9 Å². The van der Waals surface area contributed by atoms with E-state index in [1.54, 1.807) is 102 Å². The second kappa shape index (κ2) is 16.6. The summed E-state index contributed by atoms with van der Waals surface area (Å²) in [6.45, 7) is 15.2. The normalized spacial score (nSPS) is 32.6. The predicted octanol–water partition coefficient (Wildman–Crippen LogP) is 5.33. The number of carbonyl (C=O) groups is 4. The third kappa shape index (κ3) is 8.52. The van der Waals surface area contributed by atoms with Crippen LogP contribution in [0.1, 0.15) is 104 Å². The maximum Gasteiger partial charge on any atom is 0.408 e. The zero-order valence-corrected chi connectivity index (χ0v) is 35.3. The van der Waals surface area contributed by atoms with Crippen molar-refractivity contribution >= 4 is 24.0 Å². The number of benzene rings is 2. The number of ether oxygens (including phenoxy) is 6. The van der Waals surface area contributed by atoms with Gasteiger partial charge in [0.2, 0.25) is 0 Å². The highest BCUT2D eigenvalue weighted by Gasteiger charge is 2.72. The Kier molecular flexibility index (Phi) is 12.4. The van der Waals surface area contributed by atoms with Crippen LogP contribution in [0.25, 0.3) is 0 Å². The maximum atomic E-state index is 14.2. The first-order chi connectivity index (χ1) is 27.6. The number of aliphatic hydroxyl groups is 3. The smallest absolute Gasteiger partial charge is 0.408 e. The van der Waals surface area contributed by atoms with Crippen molar-refractivity contribution in [2.24, 2.45) is 23.2 Å². The fraction of sp³-hybridized carbons (Fsp3) is 0.600. The summed E-state index contributed by atoms with van der Waals surface area (Å²) < 4.78 is 36.8. The monoisotopic (exact) mass is 821 g/mol. The largest absolute Gasteiger partial charge is 0.456 e. The number of aliphatic hydroxyl groups excluding tert-OH is 2. The summed E-state index contributed by atoms with van der Waals surface area (Å²) in [5, 5.41) is 38.7. The molecule has 1 saturated heterocycles. The van der Waals surface area contributed by atoms with Crippen LogP contribution in [0.2, 0.25) is 0 Å². The van der Waals surface area contributed by atoms with Crippen molar-refractivity contribution in [1.29, 1.82) is 0 Å². The van der Waals surface area contributed by atoms with Crippen LogP contribution in [-0.2, 0) is 38.0 Å². The van der Waals surface area contributed by atoms with E-state index in [4.69, 9.17) is 28.4 Å². The number of fused-ring (bicyclic) bond motifs is 5. The van der Waals surface area contributed by atoms with Crippen molar-refractivity contribution in [1.82, 2.24) is 5.32 Å². The summed E-state index contributed by atoms with van der Waals surface area (Å²) in [6, 6.07) is 15.5. The zero-order valence-electron chi connectivity index (χ0n) is 35.3. The van der Waals surface area contributed by atoms with E-state index in [1.165, 1.54) is 13.8 Å². The number of carbonyl (C=O) groups excluding carboxylic acids is 4. The van der Waals surface area contributed by atoms with E-state index in [9.17, 15) is 34.5 Å². The van der Waals surface area contributed by atoms with E-state index in [0.717, 1.165) is 0 Å². The highest BCUT2D eigenvalue weighted by atomic mass is 16.6. The minimum atomic E-state index is -2.07. The van der Waals surface area contributed by atoms with Gasteiger partial charge in [0.05, 0.1) is 24.3 Å². The van der Waals surface area contributed by atoms with Crippen molar-refractivity contribution in [3.63, 3.8) is 0 Å².